The second kappa shape index (κ2) is 7.63. The van der Waals surface area contributed by atoms with E-state index in [0.29, 0.717) is 6.04 Å². The maximum Gasteiger partial charge on any atom is 0.251 e. The van der Waals surface area contributed by atoms with Crippen molar-refractivity contribution >= 4 is 5.91 Å². The van der Waals surface area contributed by atoms with Gasteiger partial charge in [0.1, 0.15) is 0 Å². The number of hydrogen-bond acceptors (Lipinski definition) is 4. The molecule has 1 saturated heterocycles. The molecule has 17 heavy (non-hydrogen) atoms. The van der Waals surface area contributed by atoms with Gasteiger partial charge < -0.3 is 5.32 Å². The predicted molar refractivity (Wildman–Crippen MR) is 69.3 cm³/mol. The molecular weight excluding hydrogens is 216 g/mol. The highest BCUT2D eigenvalue weighted by Crippen LogP contribution is 2.17. The van der Waals surface area contributed by atoms with Crippen LogP contribution in [0.1, 0.15) is 39.5 Å². The van der Waals surface area contributed by atoms with E-state index in [-0.39, 0.29) is 11.9 Å². The number of piperidine rings is 1. The van der Waals surface area contributed by atoms with E-state index in [0.717, 1.165) is 45.3 Å². The molecule has 5 nitrogen and oxygen atoms in total. The van der Waals surface area contributed by atoms with E-state index in [1.165, 1.54) is 0 Å². The summed E-state index contributed by atoms with van der Waals surface area (Å²) in [6.07, 6.45) is 4.11. The Morgan fingerprint density at radius 3 is 2.59 bits per heavy atom. The maximum absolute atomic E-state index is 11.9. The van der Waals surface area contributed by atoms with Crippen molar-refractivity contribution in [2.75, 3.05) is 19.6 Å². The molecule has 0 aromatic rings. The normalized spacial score (nSPS) is 19.3. The van der Waals surface area contributed by atoms with E-state index in [2.05, 4.69) is 29.5 Å². The van der Waals surface area contributed by atoms with Crippen molar-refractivity contribution < 1.29 is 4.79 Å². The Labute approximate surface area is 104 Å². The average Bonchev–Trinajstić information content (AvgIpc) is 2.39. The summed E-state index contributed by atoms with van der Waals surface area (Å²) >= 11 is 0. The van der Waals surface area contributed by atoms with Crippen LogP contribution < -0.4 is 16.6 Å². The van der Waals surface area contributed by atoms with E-state index < -0.39 is 0 Å². The van der Waals surface area contributed by atoms with Crippen molar-refractivity contribution in [1.29, 1.82) is 0 Å². The van der Waals surface area contributed by atoms with Crippen LogP contribution in [0, 0.1) is 0 Å². The van der Waals surface area contributed by atoms with Crippen LogP contribution in [0.4, 0.5) is 0 Å². The molecule has 0 radical (unpaired) electrons. The van der Waals surface area contributed by atoms with Gasteiger partial charge in [-0.25, -0.2) is 5.84 Å². The van der Waals surface area contributed by atoms with Crippen molar-refractivity contribution in [3.8, 4) is 0 Å². The zero-order valence-corrected chi connectivity index (χ0v) is 11.0. The molecule has 1 aliphatic rings. The number of hydrazine groups is 1. The average molecular weight is 242 g/mol. The molecule has 1 atom stereocenters. The van der Waals surface area contributed by atoms with Crippen LogP contribution in [-0.4, -0.2) is 42.5 Å². The third-order valence-corrected chi connectivity index (χ3v) is 3.55. The summed E-state index contributed by atoms with van der Waals surface area (Å²) in [6.45, 7) is 7.22. The molecule has 5 heteroatoms. The Balaban J connectivity index is 2.68. The van der Waals surface area contributed by atoms with Crippen LogP contribution in [0.2, 0.25) is 0 Å². The van der Waals surface area contributed by atoms with Crippen LogP contribution >= 0.6 is 0 Å². The van der Waals surface area contributed by atoms with Crippen LogP contribution in [0.3, 0.4) is 0 Å². The van der Waals surface area contributed by atoms with Gasteiger partial charge in [0.15, 0.2) is 0 Å². The van der Waals surface area contributed by atoms with Crippen LogP contribution in [0.25, 0.3) is 0 Å². The van der Waals surface area contributed by atoms with Gasteiger partial charge in [0.2, 0.25) is 0 Å². The highest BCUT2D eigenvalue weighted by atomic mass is 16.2. The first-order chi connectivity index (χ1) is 8.24. The van der Waals surface area contributed by atoms with Gasteiger partial charge in [0.25, 0.3) is 5.91 Å². The van der Waals surface area contributed by atoms with Gasteiger partial charge >= 0.3 is 0 Å². The van der Waals surface area contributed by atoms with Gasteiger partial charge in [-0.15, -0.1) is 0 Å². The summed E-state index contributed by atoms with van der Waals surface area (Å²) < 4.78 is 0. The second-order valence-electron chi connectivity index (χ2n) is 4.62. The standard InChI is InChI=1S/C12H26N4O/c1-3-5-11(12(17)15-13)16(4-2)10-6-8-14-9-7-10/h10-11,14H,3-9,13H2,1-2H3,(H,15,17). The van der Waals surface area contributed by atoms with Crippen LogP contribution in [0.5, 0.6) is 0 Å². The Bertz CT molecular complexity index is 229. The molecule has 0 bridgehead atoms. The fourth-order valence-corrected chi connectivity index (χ4v) is 2.69. The van der Waals surface area contributed by atoms with E-state index in [9.17, 15) is 4.79 Å². The molecule has 1 fully saturated rings. The molecule has 1 unspecified atom stereocenters. The number of likely N-dealkylation sites (N-methyl/N-ethyl adjacent to an activating group) is 1. The monoisotopic (exact) mass is 242 g/mol. The molecule has 100 valence electrons. The third-order valence-electron chi connectivity index (χ3n) is 3.55. The molecule has 0 aromatic heterocycles. The summed E-state index contributed by atoms with van der Waals surface area (Å²) in [4.78, 5) is 14.2. The first kappa shape index (κ1) is 14.4. The molecule has 4 N–H and O–H groups in total. The molecule has 1 amide bonds. The SMILES string of the molecule is CCCC(C(=O)NN)N(CC)C1CCNCC1. The zero-order chi connectivity index (χ0) is 12.7. The van der Waals surface area contributed by atoms with Gasteiger partial charge in [-0.1, -0.05) is 20.3 Å². The lowest BCUT2D eigenvalue weighted by molar-refractivity contribution is -0.128. The number of nitrogens with zero attached hydrogens (tertiary/aromatic N) is 1. The number of nitrogens with two attached hydrogens (primary N) is 1. The smallest absolute Gasteiger partial charge is 0.251 e. The lowest BCUT2D eigenvalue weighted by Crippen LogP contribution is -2.54. The highest BCUT2D eigenvalue weighted by Gasteiger charge is 2.29. The van der Waals surface area contributed by atoms with E-state index in [1.54, 1.807) is 0 Å². The van der Waals surface area contributed by atoms with Crippen molar-refractivity contribution in [1.82, 2.24) is 15.6 Å². The summed E-state index contributed by atoms with van der Waals surface area (Å²) in [5.41, 5.74) is 2.31. The van der Waals surface area contributed by atoms with E-state index in [4.69, 9.17) is 5.84 Å². The topological polar surface area (TPSA) is 70.4 Å². The van der Waals surface area contributed by atoms with E-state index >= 15 is 0 Å². The predicted octanol–water partition coefficient (Wildman–Crippen LogP) is 0.219. The van der Waals surface area contributed by atoms with E-state index in [1.807, 2.05) is 0 Å². The number of rotatable bonds is 6. The Hall–Kier alpha value is -0.650. The van der Waals surface area contributed by atoms with Crippen LogP contribution in [-0.2, 0) is 4.79 Å². The molecular formula is C12H26N4O. The summed E-state index contributed by atoms with van der Waals surface area (Å²) in [7, 11) is 0. The fraction of sp³-hybridized carbons (Fsp3) is 0.917. The van der Waals surface area contributed by atoms with Gasteiger partial charge in [0.05, 0.1) is 6.04 Å². The summed E-state index contributed by atoms with van der Waals surface area (Å²) in [5.74, 6) is 5.24. The number of amides is 1. The summed E-state index contributed by atoms with van der Waals surface area (Å²) in [5, 5.41) is 3.36. The Morgan fingerprint density at radius 1 is 1.47 bits per heavy atom. The van der Waals surface area contributed by atoms with Gasteiger partial charge in [-0.3, -0.25) is 15.1 Å². The van der Waals surface area contributed by atoms with Gasteiger partial charge in [0, 0.05) is 6.04 Å². The molecule has 1 heterocycles. The minimum atomic E-state index is -0.0712. The third kappa shape index (κ3) is 3.94. The Kier molecular flexibility index (Phi) is 6.47. The Morgan fingerprint density at radius 2 is 2.12 bits per heavy atom. The summed E-state index contributed by atoms with van der Waals surface area (Å²) in [6, 6.07) is 0.438. The lowest BCUT2D eigenvalue weighted by Gasteiger charge is -2.38. The highest BCUT2D eigenvalue weighted by molar-refractivity contribution is 5.81. The molecule has 0 aromatic carbocycles. The maximum atomic E-state index is 11.9. The largest absolute Gasteiger partial charge is 0.317 e. The van der Waals surface area contributed by atoms with Gasteiger partial charge in [-0.2, -0.15) is 0 Å². The first-order valence-corrected chi connectivity index (χ1v) is 6.71. The molecule has 1 rings (SSSR count). The quantitative estimate of drug-likeness (QED) is 0.354. The minimum Gasteiger partial charge on any atom is -0.317 e. The number of carbonyl (C=O) groups excluding carboxylic acids is 1. The number of hydrogen-bond donors (Lipinski definition) is 3. The van der Waals surface area contributed by atoms with Gasteiger partial charge in [-0.05, 0) is 38.9 Å². The zero-order valence-electron chi connectivity index (χ0n) is 11.0. The van der Waals surface area contributed by atoms with Crippen molar-refractivity contribution in [3.05, 3.63) is 0 Å². The van der Waals surface area contributed by atoms with Crippen molar-refractivity contribution in [3.63, 3.8) is 0 Å². The number of carbonyl (C=O) groups is 1. The van der Waals surface area contributed by atoms with Crippen molar-refractivity contribution in [2.24, 2.45) is 5.84 Å². The van der Waals surface area contributed by atoms with Crippen molar-refractivity contribution in [2.45, 2.75) is 51.6 Å². The molecule has 0 aliphatic carbocycles. The van der Waals surface area contributed by atoms with Crippen LogP contribution in [0.15, 0.2) is 0 Å². The fourth-order valence-electron chi connectivity index (χ4n) is 2.69. The number of nitrogens with one attached hydrogen (secondary N) is 2. The molecule has 1 aliphatic heterocycles. The lowest BCUT2D eigenvalue weighted by atomic mass is 10.00. The first-order valence-electron chi connectivity index (χ1n) is 6.71. The second-order valence-corrected chi connectivity index (χ2v) is 4.62. The minimum absolute atomic E-state index is 0.0489. The molecule has 0 spiro atoms. The molecule has 0 saturated carbocycles.